The Balaban J connectivity index is 1.46. The van der Waals surface area contributed by atoms with E-state index >= 15 is 0 Å². The highest BCUT2D eigenvalue weighted by molar-refractivity contribution is 6.13. The van der Waals surface area contributed by atoms with Crippen molar-refractivity contribution < 1.29 is 28.7 Å². The Bertz CT molecular complexity index is 1580. The third-order valence-corrected chi connectivity index (χ3v) is 8.03. The van der Waals surface area contributed by atoms with Gasteiger partial charge in [0.1, 0.15) is 22.8 Å². The lowest BCUT2D eigenvalue weighted by molar-refractivity contribution is -0.142. The Morgan fingerprint density at radius 3 is 2.60 bits per heavy atom. The summed E-state index contributed by atoms with van der Waals surface area (Å²) < 4.78 is 13.6. The molecule has 4 N–H and O–H groups in total. The van der Waals surface area contributed by atoms with Crippen LogP contribution < -0.4 is 10.6 Å². The number of hydrazone groups is 1. The van der Waals surface area contributed by atoms with Crippen molar-refractivity contribution in [3.8, 4) is 0 Å². The second kappa shape index (κ2) is 10.9. The number of carboxylic acid groups (broad SMARTS) is 1. The molecule has 11 nitrogen and oxygen atoms in total. The van der Waals surface area contributed by atoms with E-state index in [0.29, 0.717) is 12.1 Å². The van der Waals surface area contributed by atoms with Gasteiger partial charge < -0.3 is 25.6 Å². The lowest BCUT2D eigenvalue weighted by Crippen LogP contribution is -2.62. The van der Waals surface area contributed by atoms with Gasteiger partial charge in [-0.05, 0) is 49.6 Å². The number of likely N-dealkylation sites (tertiary alicyclic amines) is 1. The molecule has 2 aliphatic rings. The first-order chi connectivity index (χ1) is 19.9. The lowest BCUT2D eigenvalue weighted by atomic mass is 9.73. The molecule has 0 bridgehead atoms. The first kappa shape index (κ1) is 28.8. The van der Waals surface area contributed by atoms with Crippen molar-refractivity contribution in [1.82, 2.24) is 25.5 Å². The summed E-state index contributed by atoms with van der Waals surface area (Å²) in [5, 5.41) is 20.8. The molecule has 12 heteroatoms. The zero-order valence-electron chi connectivity index (χ0n) is 23.6. The molecule has 1 aromatic heterocycles. The summed E-state index contributed by atoms with van der Waals surface area (Å²) in [5.41, 5.74) is 0.416. The Hall–Kier alpha value is -4.74. The molecule has 2 atom stereocenters. The minimum Gasteiger partial charge on any atom is -0.465 e. The van der Waals surface area contributed by atoms with Gasteiger partial charge in [0, 0.05) is 50.1 Å². The molecule has 220 valence electrons. The van der Waals surface area contributed by atoms with Crippen LogP contribution in [0.1, 0.15) is 31.4 Å². The molecule has 2 aromatic carbocycles. The zero-order valence-corrected chi connectivity index (χ0v) is 23.6. The molecule has 0 spiro atoms. The molecule has 0 aliphatic carbocycles. The Morgan fingerprint density at radius 2 is 1.88 bits per heavy atom. The van der Waals surface area contributed by atoms with Crippen molar-refractivity contribution in [2.45, 2.75) is 44.7 Å². The van der Waals surface area contributed by atoms with Crippen molar-refractivity contribution in [1.29, 1.82) is 0 Å². The maximum Gasteiger partial charge on any atom is 0.405 e. The van der Waals surface area contributed by atoms with E-state index < -0.39 is 40.7 Å². The van der Waals surface area contributed by atoms with Crippen LogP contribution in [0, 0.1) is 11.2 Å². The van der Waals surface area contributed by atoms with Crippen molar-refractivity contribution in [2.24, 2.45) is 10.5 Å². The molecule has 2 unspecified atom stereocenters. The number of carbonyl (C=O) groups is 4. The highest BCUT2D eigenvalue weighted by Gasteiger charge is 2.54. The van der Waals surface area contributed by atoms with Crippen LogP contribution in [0.2, 0.25) is 0 Å². The number of carbonyl (C=O) groups excluding carboxylic acids is 3. The molecule has 1 saturated heterocycles. The molecule has 2 aliphatic heterocycles. The number of fused-ring (bicyclic) bond motifs is 2. The minimum atomic E-state index is -1.51. The number of H-pyrrole nitrogens is 1. The van der Waals surface area contributed by atoms with Gasteiger partial charge in [0.05, 0.1) is 5.71 Å². The summed E-state index contributed by atoms with van der Waals surface area (Å²) >= 11 is 0. The van der Waals surface area contributed by atoms with Crippen molar-refractivity contribution in [2.75, 3.05) is 20.1 Å². The maximum atomic E-state index is 14.2. The van der Waals surface area contributed by atoms with Crippen molar-refractivity contribution in [3.05, 3.63) is 71.7 Å². The van der Waals surface area contributed by atoms with Gasteiger partial charge in [-0.3, -0.25) is 14.4 Å². The normalized spacial score (nSPS) is 19.3. The molecular formula is C30H33FN6O5. The Labute approximate surface area is 241 Å². The van der Waals surface area contributed by atoms with Crippen LogP contribution in [0.15, 0.2) is 59.8 Å². The summed E-state index contributed by atoms with van der Waals surface area (Å²) in [5.74, 6) is -1.72. The highest BCUT2D eigenvalue weighted by atomic mass is 19.1. The van der Waals surface area contributed by atoms with E-state index in [-0.39, 0.29) is 31.8 Å². The smallest absolute Gasteiger partial charge is 0.405 e. The number of nitrogens with one attached hydrogen (secondary N) is 3. The van der Waals surface area contributed by atoms with E-state index in [2.05, 4.69) is 20.7 Å². The van der Waals surface area contributed by atoms with Gasteiger partial charge in [0.15, 0.2) is 0 Å². The number of benzene rings is 2. The molecular weight excluding hydrogens is 543 g/mol. The number of amides is 4. The fraction of sp³-hybridized carbons (Fsp3) is 0.367. The van der Waals surface area contributed by atoms with Gasteiger partial charge in [-0.2, -0.15) is 5.10 Å². The average Bonchev–Trinajstić information content (AvgIpc) is 3.46. The number of rotatable bonds is 8. The third kappa shape index (κ3) is 5.44. The highest BCUT2D eigenvalue weighted by Crippen LogP contribution is 2.38. The first-order valence-corrected chi connectivity index (χ1v) is 13.7. The van der Waals surface area contributed by atoms with Crippen molar-refractivity contribution in [3.63, 3.8) is 0 Å². The summed E-state index contributed by atoms with van der Waals surface area (Å²) in [6.07, 6.45) is 1.12. The molecule has 42 heavy (non-hydrogen) atoms. The summed E-state index contributed by atoms with van der Waals surface area (Å²) in [6, 6.07) is 12.4. The zero-order chi connectivity index (χ0) is 30.2. The van der Waals surface area contributed by atoms with E-state index in [1.165, 1.54) is 31.0 Å². The molecule has 1 fully saturated rings. The van der Waals surface area contributed by atoms with Crippen LogP contribution in [0.3, 0.4) is 0 Å². The van der Waals surface area contributed by atoms with Crippen LogP contribution in [0.4, 0.5) is 9.18 Å². The van der Waals surface area contributed by atoms with Gasteiger partial charge >= 0.3 is 6.09 Å². The van der Waals surface area contributed by atoms with Crippen LogP contribution in [-0.4, -0.2) is 81.2 Å². The van der Waals surface area contributed by atoms with E-state index in [1.54, 1.807) is 30.3 Å². The van der Waals surface area contributed by atoms with Gasteiger partial charge in [-0.25, -0.2) is 14.2 Å². The second-order valence-electron chi connectivity index (χ2n) is 11.4. The predicted molar refractivity (Wildman–Crippen MR) is 153 cm³/mol. The first-order valence-electron chi connectivity index (χ1n) is 13.7. The van der Waals surface area contributed by atoms with Gasteiger partial charge in [-0.1, -0.05) is 30.3 Å². The largest absolute Gasteiger partial charge is 0.465 e. The second-order valence-corrected chi connectivity index (χ2v) is 11.4. The number of para-hydroxylation sites is 1. The fourth-order valence-corrected chi connectivity index (χ4v) is 5.83. The maximum absolute atomic E-state index is 14.2. The third-order valence-electron chi connectivity index (χ3n) is 8.03. The quantitative estimate of drug-likeness (QED) is 0.326. The molecule has 4 amide bonds. The van der Waals surface area contributed by atoms with Crippen LogP contribution in [-0.2, 0) is 27.2 Å². The standard InChI is InChI=1S/C30H33FN6O5/c1-29(2,34-28(41)42)26(39)33-23(14-19-16-32-22-7-5-4-6-21(19)22)25(38)37-13-12-24-30(17-37,27(40)36(3)35-24)15-18-8-10-20(31)11-9-18/h4-11,16,23,32,34H,12-15,17H2,1-3H3,(H,33,39)(H,41,42). The van der Waals surface area contributed by atoms with Crippen LogP contribution in [0.25, 0.3) is 10.9 Å². The van der Waals surface area contributed by atoms with Gasteiger partial charge in [-0.15, -0.1) is 0 Å². The molecule has 0 saturated carbocycles. The Morgan fingerprint density at radius 1 is 1.17 bits per heavy atom. The summed E-state index contributed by atoms with van der Waals surface area (Å²) in [4.78, 5) is 57.1. The molecule has 3 heterocycles. The number of piperidine rings is 1. The van der Waals surface area contributed by atoms with Crippen LogP contribution >= 0.6 is 0 Å². The number of hydrogen-bond acceptors (Lipinski definition) is 5. The Kier molecular flexibility index (Phi) is 7.48. The minimum absolute atomic E-state index is 0.0300. The van der Waals surface area contributed by atoms with Gasteiger partial charge in [0.2, 0.25) is 11.8 Å². The van der Waals surface area contributed by atoms with Crippen molar-refractivity contribution >= 4 is 40.4 Å². The number of hydrogen-bond donors (Lipinski definition) is 4. The SMILES string of the molecule is CN1N=C2CCN(C(=O)C(Cc3c[nH]c4ccccc34)NC(=O)C(C)(C)NC(=O)O)CC2(Cc2ccc(F)cc2)C1=O. The fourth-order valence-electron chi connectivity index (χ4n) is 5.83. The lowest BCUT2D eigenvalue weighted by Gasteiger charge is -2.41. The summed E-state index contributed by atoms with van der Waals surface area (Å²) in [7, 11) is 1.57. The topological polar surface area (TPSA) is 147 Å². The molecule has 0 radical (unpaired) electrons. The van der Waals surface area contributed by atoms with E-state index in [4.69, 9.17) is 0 Å². The van der Waals surface area contributed by atoms with E-state index in [0.717, 1.165) is 22.0 Å². The number of aromatic amines is 1. The molecule has 3 aromatic rings. The van der Waals surface area contributed by atoms with E-state index in [9.17, 15) is 28.7 Å². The average molecular weight is 577 g/mol. The van der Waals surface area contributed by atoms with Crippen LogP contribution in [0.5, 0.6) is 0 Å². The molecule has 5 rings (SSSR count). The summed E-state index contributed by atoms with van der Waals surface area (Å²) in [6.45, 7) is 3.14. The number of nitrogens with zero attached hydrogens (tertiary/aromatic N) is 3. The van der Waals surface area contributed by atoms with E-state index in [1.807, 2.05) is 24.3 Å². The number of halogens is 1. The predicted octanol–water partition coefficient (Wildman–Crippen LogP) is 2.67. The monoisotopic (exact) mass is 576 g/mol. The number of aromatic nitrogens is 1. The van der Waals surface area contributed by atoms with Gasteiger partial charge in [0.25, 0.3) is 5.91 Å².